The third-order valence-corrected chi connectivity index (χ3v) is 2.61. The molecular formula is C14H16N2O. The number of nitrogens with zero attached hydrogens (tertiary/aromatic N) is 1. The number of rotatable bonds is 5. The fourth-order valence-corrected chi connectivity index (χ4v) is 1.63. The third-order valence-electron chi connectivity index (χ3n) is 2.61. The molecule has 0 bridgehead atoms. The first-order valence-corrected chi connectivity index (χ1v) is 5.72. The molecule has 0 atom stereocenters. The van der Waals surface area contributed by atoms with E-state index in [1.807, 2.05) is 24.3 Å². The molecule has 3 heteroatoms. The second kappa shape index (κ2) is 6.01. The minimum absolute atomic E-state index is 0.318. The van der Waals surface area contributed by atoms with Crippen molar-refractivity contribution in [3.05, 3.63) is 59.9 Å². The number of phenols is 1. The summed E-state index contributed by atoms with van der Waals surface area (Å²) in [5.41, 5.74) is 2.47. The van der Waals surface area contributed by atoms with E-state index in [2.05, 4.69) is 10.3 Å². The van der Waals surface area contributed by atoms with Gasteiger partial charge < -0.3 is 10.4 Å². The van der Waals surface area contributed by atoms with Crippen LogP contribution < -0.4 is 5.32 Å². The van der Waals surface area contributed by atoms with Gasteiger partial charge in [0, 0.05) is 18.9 Å². The molecule has 0 saturated heterocycles. The van der Waals surface area contributed by atoms with Crippen molar-refractivity contribution in [3.63, 3.8) is 0 Å². The molecule has 1 heterocycles. The topological polar surface area (TPSA) is 45.1 Å². The molecule has 0 spiro atoms. The fourth-order valence-electron chi connectivity index (χ4n) is 1.63. The van der Waals surface area contributed by atoms with Gasteiger partial charge in [0.1, 0.15) is 5.75 Å². The third kappa shape index (κ3) is 3.89. The monoisotopic (exact) mass is 228 g/mol. The lowest BCUT2D eigenvalue weighted by molar-refractivity contribution is 0.475. The van der Waals surface area contributed by atoms with Gasteiger partial charge in [0.25, 0.3) is 0 Å². The highest BCUT2D eigenvalue weighted by Crippen LogP contribution is 2.09. The first-order chi connectivity index (χ1) is 8.34. The summed E-state index contributed by atoms with van der Waals surface area (Å²) >= 11 is 0. The average Bonchev–Trinajstić information content (AvgIpc) is 2.38. The molecule has 0 radical (unpaired) electrons. The second-order valence-electron chi connectivity index (χ2n) is 3.95. The van der Waals surface area contributed by atoms with Gasteiger partial charge in [0.15, 0.2) is 0 Å². The summed E-state index contributed by atoms with van der Waals surface area (Å²) in [6.07, 6.45) is 4.57. The van der Waals surface area contributed by atoms with Crippen LogP contribution in [-0.4, -0.2) is 16.6 Å². The van der Waals surface area contributed by atoms with Crippen molar-refractivity contribution in [2.45, 2.75) is 13.0 Å². The van der Waals surface area contributed by atoms with Crippen molar-refractivity contribution in [1.29, 1.82) is 0 Å². The second-order valence-corrected chi connectivity index (χ2v) is 3.95. The van der Waals surface area contributed by atoms with Crippen LogP contribution in [0.2, 0.25) is 0 Å². The standard InChI is InChI=1S/C14H16N2O/c17-14-3-1-12(2-4-14)5-10-16-11-13-6-8-15-9-7-13/h1-4,6-9,16-17H,5,10-11H2. The molecule has 0 unspecified atom stereocenters. The maximum Gasteiger partial charge on any atom is 0.115 e. The Kier molecular flexibility index (Phi) is 4.11. The van der Waals surface area contributed by atoms with Crippen molar-refractivity contribution in [2.24, 2.45) is 0 Å². The SMILES string of the molecule is Oc1ccc(CCNCc2ccncc2)cc1. The van der Waals surface area contributed by atoms with Gasteiger partial charge in [0.2, 0.25) is 0 Å². The quantitative estimate of drug-likeness (QED) is 0.770. The molecule has 1 aromatic carbocycles. The van der Waals surface area contributed by atoms with Crippen LogP contribution in [0.4, 0.5) is 0 Å². The molecule has 0 saturated carbocycles. The van der Waals surface area contributed by atoms with Gasteiger partial charge in [-0.2, -0.15) is 0 Å². The van der Waals surface area contributed by atoms with Crippen molar-refractivity contribution >= 4 is 0 Å². The van der Waals surface area contributed by atoms with Gasteiger partial charge in [-0.15, -0.1) is 0 Å². The Hall–Kier alpha value is -1.87. The van der Waals surface area contributed by atoms with Gasteiger partial charge >= 0.3 is 0 Å². The number of nitrogens with one attached hydrogen (secondary N) is 1. The number of pyridine rings is 1. The Labute approximate surface area is 101 Å². The summed E-state index contributed by atoms with van der Waals surface area (Å²) in [7, 11) is 0. The Morgan fingerprint density at radius 1 is 0.941 bits per heavy atom. The van der Waals surface area contributed by atoms with E-state index < -0.39 is 0 Å². The van der Waals surface area contributed by atoms with Crippen molar-refractivity contribution in [1.82, 2.24) is 10.3 Å². The minimum Gasteiger partial charge on any atom is -0.508 e. The van der Waals surface area contributed by atoms with Gasteiger partial charge in [-0.3, -0.25) is 4.98 Å². The van der Waals surface area contributed by atoms with Crippen LogP contribution >= 0.6 is 0 Å². The first-order valence-electron chi connectivity index (χ1n) is 5.72. The molecule has 1 aromatic heterocycles. The molecule has 2 aromatic rings. The van der Waals surface area contributed by atoms with Crippen LogP contribution in [0, 0.1) is 0 Å². The number of aromatic nitrogens is 1. The van der Waals surface area contributed by atoms with E-state index in [-0.39, 0.29) is 0 Å². The molecule has 0 amide bonds. The van der Waals surface area contributed by atoms with E-state index in [1.165, 1.54) is 11.1 Å². The Balaban J connectivity index is 1.71. The lowest BCUT2D eigenvalue weighted by Crippen LogP contribution is -2.16. The predicted molar refractivity (Wildman–Crippen MR) is 67.8 cm³/mol. The Morgan fingerprint density at radius 3 is 2.35 bits per heavy atom. The predicted octanol–water partition coefficient (Wildman–Crippen LogP) is 2.12. The molecule has 17 heavy (non-hydrogen) atoms. The number of aromatic hydroxyl groups is 1. The zero-order chi connectivity index (χ0) is 11.9. The Bertz CT molecular complexity index is 440. The number of hydrogen-bond donors (Lipinski definition) is 2. The van der Waals surface area contributed by atoms with Crippen molar-refractivity contribution < 1.29 is 5.11 Å². The number of hydrogen-bond acceptors (Lipinski definition) is 3. The van der Waals surface area contributed by atoms with Gasteiger partial charge in [-0.1, -0.05) is 12.1 Å². The van der Waals surface area contributed by atoms with Crippen molar-refractivity contribution in [2.75, 3.05) is 6.54 Å². The largest absolute Gasteiger partial charge is 0.508 e. The molecule has 0 fully saturated rings. The molecule has 0 aliphatic heterocycles. The highest BCUT2D eigenvalue weighted by atomic mass is 16.3. The van der Waals surface area contributed by atoms with Crippen LogP contribution in [0.25, 0.3) is 0 Å². The van der Waals surface area contributed by atoms with Crippen molar-refractivity contribution in [3.8, 4) is 5.75 Å². The van der Waals surface area contributed by atoms with E-state index in [4.69, 9.17) is 5.11 Å². The number of phenolic OH excluding ortho intramolecular Hbond substituents is 1. The zero-order valence-corrected chi connectivity index (χ0v) is 9.63. The fraction of sp³-hybridized carbons (Fsp3) is 0.214. The molecular weight excluding hydrogens is 212 g/mol. The lowest BCUT2D eigenvalue weighted by Gasteiger charge is -2.05. The summed E-state index contributed by atoms with van der Waals surface area (Å²) in [5.74, 6) is 0.318. The molecule has 2 rings (SSSR count). The van der Waals surface area contributed by atoms with E-state index in [0.29, 0.717) is 5.75 Å². The normalized spacial score (nSPS) is 10.4. The van der Waals surface area contributed by atoms with E-state index in [0.717, 1.165) is 19.5 Å². The molecule has 0 aliphatic carbocycles. The number of benzene rings is 1. The van der Waals surface area contributed by atoms with E-state index in [1.54, 1.807) is 24.5 Å². The summed E-state index contributed by atoms with van der Waals surface area (Å²) in [5, 5.41) is 12.5. The minimum atomic E-state index is 0.318. The Morgan fingerprint density at radius 2 is 1.65 bits per heavy atom. The van der Waals surface area contributed by atoms with Gasteiger partial charge in [-0.25, -0.2) is 0 Å². The molecule has 2 N–H and O–H groups in total. The lowest BCUT2D eigenvalue weighted by atomic mass is 10.1. The first kappa shape index (κ1) is 11.6. The summed E-state index contributed by atoms with van der Waals surface area (Å²) < 4.78 is 0. The van der Waals surface area contributed by atoms with E-state index in [9.17, 15) is 0 Å². The molecule has 3 nitrogen and oxygen atoms in total. The summed E-state index contributed by atoms with van der Waals surface area (Å²) in [6.45, 7) is 1.79. The maximum absolute atomic E-state index is 9.16. The van der Waals surface area contributed by atoms with Crippen LogP contribution in [0.15, 0.2) is 48.8 Å². The van der Waals surface area contributed by atoms with Crippen LogP contribution in [-0.2, 0) is 13.0 Å². The zero-order valence-electron chi connectivity index (χ0n) is 9.63. The summed E-state index contributed by atoms with van der Waals surface area (Å²) in [4.78, 5) is 3.98. The maximum atomic E-state index is 9.16. The van der Waals surface area contributed by atoms with Crippen LogP contribution in [0.3, 0.4) is 0 Å². The smallest absolute Gasteiger partial charge is 0.115 e. The summed E-state index contributed by atoms with van der Waals surface area (Å²) in [6, 6.07) is 11.4. The molecule has 0 aliphatic rings. The highest BCUT2D eigenvalue weighted by Gasteiger charge is 1.94. The van der Waals surface area contributed by atoms with Crippen LogP contribution in [0.1, 0.15) is 11.1 Å². The van der Waals surface area contributed by atoms with Crippen LogP contribution in [0.5, 0.6) is 5.75 Å². The van der Waals surface area contributed by atoms with E-state index >= 15 is 0 Å². The molecule has 88 valence electrons. The highest BCUT2D eigenvalue weighted by molar-refractivity contribution is 5.26. The van der Waals surface area contributed by atoms with Gasteiger partial charge in [0.05, 0.1) is 0 Å². The average molecular weight is 228 g/mol. The van der Waals surface area contributed by atoms with Gasteiger partial charge in [-0.05, 0) is 48.4 Å².